The summed E-state index contributed by atoms with van der Waals surface area (Å²) in [6, 6.07) is 13.8. The Bertz CT molecular complexity index is 1260. The molecule has 4 N–H and O–H groups in total. The van der Waals surface area contributed by atoms with E-state index in [0.29, 0.717) is 28.9 Å². The van der Waals surface area contributed by atoms with Gasteiger partial charge in [0.25, 0.3) is 0 Å². The van der Waals surface area contributed by atoms with Crippen LogP contribution in [0.5, 0.6) is 5.75 Å². The molecule has 0 amide bonds. The van der Waals surface area contributed by atoms with Crippen LogP contribution in [0.1, 0.15) is 24.0 Å². The van der Waals surface area contributed by atoms with Crippen molar-refractivity contribution < 1.29 is 36.2 Å². The third-order valence-corrected chi connectivity index (χ3v) is 5.33. The number of alkyl halides is 3. The second-order valence-corrected chi connectivity index (χ2v) is 8.14. The first kappa shape index (κ1) is 27.5. The van der Waals surface area contributed by atoms with Gasteiger partial charge < -0.3 is 20.9 Å². The Morgan fingerprint density at radius 1 is 0.919 bits per heavy atom. The van der Waals surface area contributed by atoms with E-state index in [-0.39, 0.29) is 18.6 Å². The van der Waals surface area contributed by atoms with Crippen molar-refractivity contribution in [2.24, 2.45) is 0 Å². The van der Waals surface area contributed by atoms with Gasteiger partial charge in [-0.05, 0) is 53.5 Å². The molecule has 0 atom stereocenters. The zero-order valence-corrected chi connectivity index (χ0v) is 19.7. The fourth-order valence-corrected chi connectivity index (χ4v) is 3.41. The third kappa shape index (κ3) is 8.23. The maximum absolute atomic E-state index is 14.6. The molecule has 196 valence electrons. The minimum absolute atomic E-state index is 0.0444. The number of anilines is 2. The van der Waals surface area contributed by atoms with Gasteiger partial charge in [0.2, 0.25) is 5.82 Å². The number of carbonyl (C=O) groups excluding carboxylic acids is 1. The molecule has 0 aliphatic heterocycles. The molecule has 0 spiro atoms. The third-order valence-electron chi connectivity index (χ3n) is 5.33. The van der Waals surface area contributed by atoms with Crippen LogP contribution in [0.3, 0.4) is 0 Å². The van der Waals surface area contributed by atoms with Crippen molar-refractivity contribution in [1.82, 2.24) is 0 Å². The molecule has 0 bridgehead atoms. The Morgan fingerprint density at radius 3 is 2.32 bits per heavy atom. The van der Waals surface area contributed by atoms with Gasteiger partial charge in [-0.2, -0.15) is 17.6 Å². The molecule has 10 heteroatoms. The maximum atomic E-state index is 14.6. The summed E-state index contributed by atoms with van der Waals surface area (Å²) in [7, 11) is 0. The highest BCUT2D eigenvalue weighted by Crippen LogP contribution is 2.30. The average Bonchev–Trinajstić information content (AvgIpc) is 2.84. The van der Waals surface area contributed by atoms with Crippen LogP contribution in [0, 0.1) is 11.6 Å². The van der Waals surface area contributed by atoms with Crippen molar-refractivity contribution in [3.63, 3.8) is 0 Å². The first-order valence-electron chi connectivity index (χ1n) is 11.3. The molecule has 0 heterocycles. The molecule has 0 fully saturated rings. The normalized spacial score (nSPS) is 11.6. The number of carbonyl (C=O) groups is 1. The minimum Gasteiger partial charge on any atom is -0.490 e. The first-order chi connectivity index (χ1) is 17.5. The quantitative estimate of drug-likeness (QED) is 0.107. The van der Waals surface area contributed by atoms with E-state index >= 15 is 0 Å². The second kappa shape index (κ2) is 12.2. The summed E-state index contributed by atoms with van der Waals surface area (Å²) < 4.78 is 75.6. The van der Waals surface area contributed by atoms with Crippen LogP contribution in [0.25, 0.3) is 17.2 Å². The molecule has 0 unspecified atom stereocenters. The number of benzene rings is 3. The van der Waals surface area contributed by atoms with E-state index in [4.69, 9.17) is 20.9 Å². The van der Waals surface area contributed by atoms with Gasteiger partial charge in [0, 0.05) is 35.9 Å². The molecule has 3 rings (SSSR count). The molecule has 3 aromatic carbocycles. The van der Waals surface area contributed by atoms with Gasteiger partial charge >= 0.3 is 12.1 Å². The van der Waals surface area contributed by atoms with Crippen LogP contribution in [0.2, 0.25) is 0 Å². The Morgan fingerprint density at radius 2 is 1.65 bits per heavy atom. The number of hydrogen-bond donors (Lipinski definition) is 2. The molecule has 0 aliphatic rings. The Hall–Kier alpha value is -4.08. The summed E-state index contributed by atoms with van der Waals surface area (Å²) in [4.78, 5) is 12.0. The zero-order chi connectivity index (χ0) is 27.0. The fraction of sp³-hybridized carbons (Fsp3) is 0.222. The minimum atomic E-state index is -4.34. The lowest BCUT2D eigenvalue weighted by Crippen LogP contribution is -2.10. The number of esters is 1. The largest absolute Gasteiger partial charge is 0.490 e. The standard InChI is InChI=1S/C27H25F5N2O3/c28-25-21(9-10-23(26(25)29)36-14-1-13-27(30,31)32)18-5-2-17(3-6-18)4-11-24(35)37-15-12-19-7-8-20(33)16-22(19)34/h2-11,16H,1,12-15,33-34H2/b11-4+. The maximum Gasteiger partial charge on any atom is 0.389 e. The van der Waals surface area contributed by atoms with Gasteiger partial charge in [0.15, 0.2) is 11.6 Å². The molecule has 0 aromatic heterocycles. The number of halogens is 5. The van der Waals surface area contributed by atoms with Gasteiger partial charge in [-0.25, -0.2) is 9.18 Å². The molecular formula is C27H25F5N2O3. The van der Waals surface area contributed by atoms with E-state index in [1.807, 2.05) is 0 Å². The van der Waals surface area contributed by atoms with Gasteiger partial charge in [-0.3, -0.25) is 0 Å². The molecule has 0 saturated heterocycles. The summed E-state index contributed by atoms with van der Waals surface area (Å²) in [5.41, 5.74) is 14.3. The van der Waals surface area contributed by atoms with E-state index in [0.717, 1.165) is 5.56 Å². The van der Waals surface area contributed by atoms with Crippen molar-refractivity contribution in [2.45, 2.75) is 25.4 Å². The molecule has 37 heavy (non-hydrogen) atoms. The van der Waals surface area contributed by atoms with E-state index in [9.17, 15) is 26.7 Å². The first-order valence-corrected chi connectivity index (χ1v) is 11.3. The monoisotopic (exact) mass is 520 g/mol. The van der Waals surface area contributed by atoms with Crippen molar-refractivity contribution >= 4 is 23.4 Å². The smallest absolute Gasteiger partial charge is 0.389 e. The van der Waals surface area contributed by atoms with Crippen molar-refractivity contribution in [3.05, 3.63) is 83.4 Å². The molecule has 0 saturated carbocycles. The number of rotatable bonds is 10. The summed E-state index contributed by atoms with van der Waals surface area (Å²) in [5, 5.41) is 0. The Kier molecular flexibility index (Phi) is 9.10. The molecule has 5 nitrogen and oxygen atoms in total. The van der Waals surface area contributed by atoms with Gasteiger partial charge in [0.05, 0.1) is 13.2 Å². The average molecular weight is 520 g/mol. The molecule has 3 aromatic rings. The van der Waals surface area contributed by atoms with Gasteiger partial charge in [-0.15, -0.1) is 0 Å². The second-order valence-electron chi connectivity index (χ2n) is 8.14. The Labute approximate surface area is 210 Å². The highest BCUT2D eigenvalue weighted by Gasteiger charge is 2.26. The number of ether oxygens (including phenoxy) is 2. The van der Waals surface area contributed by atoms with Crippen LogP contribution in [0.4, 0.5) is 33.3 Å². The molecule has 0 aliphatic carbocycles. The van der Waals surface area contributed by atoms with Crippen LogP contribution >= 0.6 is 0 Å². The number of nitrogen functional groups attached to an aromatic ring is 2. The number of hydrogen-bond acceptors (Lipinski definition) is 5. The lowest BCUT2D eigenvalue weighted by Gasteiger charge is -2.11. The topological polar surface area (TPSA) is 87.6 Å². The lowest BCUT2D eigenvalue weighted by molar-refractivity contribution is -0.138. The Balaban J connectivity index is 1.54. The zero-order valence-electron chi connectivity index (χ0n) is 19.7. The predicted molar refractivity (Wildman–Crippen MR) is 132 cm³/mol. The predicted octanol–water partition coefficient (Wildman–Crippen LogP) is 6.32. The highest BCUT2D eigenvalue weighted by atomic mass is 19.4. The summed E-state index contributed by atoms with van der Waals surface area (Å²) in [6.45, 7) is -0.267. The van der Waals surface area contributed by atoms with E-state index in [2.05, 4.69) is 0 Å². The highest BCUT2D eigenvalue weighted by molar-refractivity contribution is 5.87. The lowest BCUT2D eigenvalue weighted by atomic mass is 10.0. The fourth-order valence-electron chi connectivity index (χ4n) is 3.41. The molecular weight excluding hydrogens is 495 g/mol. The van der Waals surface area contributed by atoms with Crippen LogP contribution in [0.15, 0.2) is 60.7 Å². The van der Waals surface area contributed by atoms with Gasteiger partial charge in [-0.1, -0.05) is 30.3 Å². The number of nitrogens with two attached hydrogens (primary N) is 2. The SMILES string of the molecule is Nc1ccc(CCOC(=O)/C=C/c2ccc(-c3ccc(OCCCC(F)(F)F)c(F)c3F)cc2)c(N)c1. The van der Waals surface area contributed by atoms with Crippen LogP contribution in [-0.2, 0) is 16.0 Å². The van der Waals surface area contributed by atoms with Crippen molar-refractivity contribution in [1.29, 1.82) is 0 Å². The summed E-state index contributed by atoms with van der Waals surface area (Å²) >= 11 is 0. The van der Waals surface area contributed by atoms with Crippen molar-refractivity contribution in [3.8, 4) is 16.9 Å². The van der Waals surface area contributed by atoms with E-state index < -0.39 is 42.6 Å². The summed E-state index contributed by atoms with van der Waals surface area (Å²) in [6.07, 6.45) is -2.60. The van der Waals surface area contributed by atoms with E-state index in [1.165, 1.54) is 36.4 Å². The van der Waals surface area contributed by atoms with Gasteiger partial charge in [0.1, 0.15) is 0 Å². The van der Waals surface area contributed by atoms with E-state index in [1.54, 1.807) is 30.3 Å². The van der Waals surface area contributed by atoms with Crippen molar-refractivity contribution in [2.75, 3.05) is 24.7 Å². The van der Waals surface area contributed by atoms with Crippen LogP contribution < -0.4 is 16.2 Å². The molecule has 0 radical (unpaired) electrons. The summed E-state index contributed by atoms with van der Waals surface area (Å²) in [5.74, 6) is -3.48. The van der Waals surface area contributed by atoms with Crippen LogP contribution in [-0.4, -0.2) is 25.4 Å².